The molecule has 2 rings (SSSR count). The average Bonchev–Trinajstić information content (AvgIpc) is 2.65. The van der Waals surface area contributed by atoms with Crippen LogP contribution in [0.25, 0.3) is 0 Å². The molecule has 2 aromatic carbocycles. The molecule has 142 valence electrons. The van der Waals surface area contributed by atoms with Gasteiger partial charge in [-0.3, -0.25) is 0 Å². The van der Waals surface area contributed by atoms with Crippen molar-refractivity contribution in [1.82, 2.24) is 9.62 Å². The Balaban J connectivity index is 1.83. The van der Waals surface area contributed by atoms with Crippen molar-refractivity contribution < 1.29 is 17.9 Å². The molecular formula is C19H26N2O4S. The van der Waals surface area contributed by atoms with Crippen LogP contribution in [0.5, 0.6) is 11.5 Å². The number of ether oxygens (including phenoxy) is 2. The van der Waals surface area contributed by atoms with Gasteiger partial charge < -0.3 is 14.8 Å². The molecule has 1 N–H and O–H groups in total. The number of rotatable bonds is 9. The summed E-state index contributed by atoms with van der Waals surface area (Å²) in [6.07, 6.45) is 0. The SMILES string of the molecule is COc1ccc(OCCN[C@H](C)c2ccc(S(=O)(=O)N(C)C)cc2)cc1. The van der Waals surface area contributed by atoms with Gasteiger partial charge in [0.25, 0.3) is 0 Å². The van der Waals surface area contributed by atoms with Crippen LogP contribution in [0.3, 0.4) is 0 Å². The monoisotopic (exact) mass is 378 g/mol. The van der Waals surface area contributed by atoms with Gasteiger partial charge in [0, 0.05) is 26.7 Å². The maximum Gasteiger partial charge on any atom is 0.242 e. The van der Waals surface area contributed by atoms with E-state index in [1.54, 1.807) is 19.2 Å². The van der Waals surface area contributed by atoms with Gasteiger partial charge in [-0.25, -0.2) is 12.7 Å². The highest BCUT2D eigenvalue weighted by atomic mass is 32.2. The number of nitrogens with one attached hydrogen (secondary N) is 1. The summed E-state index contributed by atoms with van der Waals surface area (Å²) in [6, 6.07) is 14.5. The van der Waals surface area contributed by atoms with Gasteiger partial charge in [0.1, 0.15) is 18.1 Å². The predicted molar refractivity (Wildman–Crippen MR) is 102 cm³/mol. The quantitative estimate of drug-likeness (QED) is 0.680. The minimum absolute atomic E-state index is 0.0885. The summed E-state index contributed by atoms with van der Waals surface area (Å²) in [7, 11) is 1.28. The van der Waals surface area contributed by atoms with Crippen molar-refractivity contribution in [2.75, 3.05) is 34.4 Å². The molecule has 0 aliphatic heterocycles. The second-order valence-corrected chi connectivity index (χ2v) is 8.21. The van der Waals surface area contributed by atoms with Gasteiger partial charge in [-0.15, -0.1) is 0 Å². The average molecular weight is 378 g/mol. The number of hydrogen-bond acceptors (Lipinski definition) is 5. The van der Waals surface area contributed by atoms with E-state index in [1.165, 1.54) is 18.4 Å². The third kappa shape index (κ3) is 5.20. The number of benzene rings is 2. The molecule has 0 saturated carbocycles. The van der Waals surface area contributed by atoms with Crippen LogP contribution in [-0.4, -0.2) is 47.1 Å². The van der Waals surface area contributed by atoms with Crippen molar-refractivity contribution in [3.63, 3.8) is 0 Å². The van der Waals surface area contributed by atoms with Crippen LogP contribution >= 0.6 is 0 Å². The fourth-order valence-corrected chi connectivity index (χ4v) is 3.28. The van der Waals surface area contributed by atoms with E-state index < -0.39 is 10.0 Å². The Morgan fingerprint density at radius 2 is 1.58 bits per heavy atom. The largest absolute Gasteiger partial charge is 0.497 e. The van der Waals surface area contributed by atoms with E-state index in [1.807, 2.05) is 43.3 Å². The third-order valence-corrected chi connectivity index (χ3v) is 5.87. The molecule has 6 nitrogen and oxygen atoms in total. The van der Waals surface area contributed by atoms with Gasteiger partial charge in [0.2, 0.25) is 10.0 Å². The van der Waals surface area contributed by atoms with E-state index in [4.69, 9.17) is 9.47 Å². The van der Waals surface area contributed by atoms with Gasteiger partial charge >= 0.3 is 0 Å². The molecule has 0 fully saturated rings. The highest BCUT2D eigenvalue weighted by molar-refractivity contribution is 7.89. The van der Waals surface area contributed by atoms with Crippen LogP contribution in [0.2, 0.25) is 0 Å². The predicted octanol–water partition coefficient (Wildman–Crippen LogP) is 2.68. The normalized spacial score (nSPS) is 12.8. The second kappa shape index (κ2) is 9.02. The maximum atomic E-state index is 12.1. The lowest BCUT2D eigenvalue weighted by atomic mass is 10.1. The summed E-state index contributed by atoms with van der Waals surface area (Å²) in [4.78, 5) is 0.293. The summed E-state index contributed by atoms with van der Waals surface area (Å²) in [5, 5.41) is 3.36. The summed E-state index contributed by atoms with van der Waals surface area (Å²) in [5.41, 5.74) is 1.02. The van der Waals surface area contributed by atoms with E-state index in [0.717, 1.165) is 17.1 Å². The van der Waals surface area contributed by atoms with Crippen LogP contribution in [0.15, 0.2) is 53.4 Å². The minimum Gasteiger partial charge on any atom is -0.497 e. The molecule has 1 atom stereocenters. The highest BCUT2D eigenvalue weighted by Gasteiger charge is 2.17. The lowest BCUT2D eigenvalue weighted by Gasteiger charge is -2.16. The first-order valence-corrected chi connectivity index (χ1v) is 9.81. The molecule has 0 aliphatic rings. The zero-order chi connectivity index (χ0) is 19.2. The lowest BCUT2D eigenvalue weighted by Crippen LogP contribution is -2.25. The first-order valence-electron chi connectivity index (χ1n) is 8.37. The van der Waals surface area contributed by atoms with Crippen LogP contribution in [0.4, 0.5) is 0 Å². The minimum atomic E-state index is -3.39. The zero-order valence-electron chi connectivity index (χ0n) is 15.6. The zero-order valence-corrected chi connectivity index (χ0v) is 16.4. The molecule has 0 amide bonds. The number of methoxy groups -OCH3 is 1. The van der Waals surface area contributed by atoms with Crippen molar-refractivity contribution in [3.05, 3.63) is 54.1 Å². The standard InChI is InChI=1S/C19H26N2O4S/c1-15(16-5-11-19(12-6-16)26(22,23)21(2)3)20-13-14-25-18-9-7-17(24-4)8-10-18/h5-12,15,20H,13-14H2,1-4H3/t15-/m1/s1. The van der Waals surface area contributed by atoms with Gasteiger partial charge in [0.05, 0.1) is 12.0 Å². The van der Waals surface area contributed by atoms with Crippen molar-refractivity contribution in [2.45, 2.75) is 17.9 Å². The summed E-state index contributed by atoms with van der Waals surface area (Å²) in [6.45, 7) is 3.23. The first kappa shape index (κ1) is 20.2. The van der Waals surface area contributed by atoms with Crippen molar-refractivity contribution in [2.24, 2.45) is 0 Å². The molecular weight excluding hydrogens is 352 g/mol. The van der Waals surface area contributed by atoms with Gasteiger partial charge in [-0.1, -0.05) is 12.1 Å². The Morgan fingerprint density at radius 3 is 2.12 bits per heavy atom. The number of nitrogens with zero attached hydrogens (tertiary/aromatic N) is 1. The maximum absolute atomic E-state index is 12.1. The first-order chi connectivity index (χ1) is 12.3. The molecule has 0 aliphatic carbocycles. The van der Waals surface area contributed by atoms with Crippen LogP contribution in [-0.2, 0) is 10.0 Å². The van der Waals surface area contributed by atoms with E-state index in [9.17, 15) is 8.42 Å². The highest BCUT2D eigenvalue weighted by Crippen LogP contribution is 2.19. The van der Waals surface area contributed by atoms with Gasteiger partial charge in [-0.2, -0.15) is 0 Å². The number of hydrogen-bond donors (Lipinski definition) is 1. The van der Waals surface area contributed by atoms with E-state index in [2.05, 4.69) is 5.32 Å². The summed E-state index contributed by atoms with van der Waals surface area (Å²) >= 11 is 0. The molecule has 0 aromatic heterocycles. The second-order valence-electron chi connectivity index (χ2n) is 6.06. The molecule has 0 unspecified atom stereocenters. The van der Waals surface area contributed by atoms with E-state index in [-0.39, 0.29) is 6.04 Å². The number of sulfonamides is 1. The van der Waals surface area contributed by atoms with Crippen molar-refractivity contribution in [3.8, 4) is 11.5 Å². The fourth-order valence-electron chi connectivity index (χ4n) is 2.37. The van der Waals surface area contributed by atoms with Gasteiger partial charge in [0.15, 0.2) is 0 Å². The summed E-state index contributed by atoms with van der Waals surface area (Å²) < 4.78 is 36.2. The van der Waals surface area contributed by atoms with E-state index >= 15 is 0 Å². The van der Waals surface area contributed by atoms with Crippen LogP contribution in [0.1, 0.15) is 18.5 Å². The van der Waals surface area contributed by atoms with Gasteiger partial charge in [-0.05, 0) is 48.9 Å². The topological polar surface area (TPSA) is 67.9 Å². The Hall–Kier alpha value is -2.09. The molecule has 0 saturated heterocycles. The van der Waals surface area contributed by atoms with Crippen LogP contribution in [0, 0.1) is 0 Å². The Bertz CT molecular complexity index is 787. The molecule has 26 heavy (non-hydrogen) atoms. The van der Waals surface area contributed by atoms with Crippen LogP contribution < -0.4 is 14.8 Å². The van der Waals surface area contributed by atoms with Crippen molar-refractivity contribution in [1.29, 1.82) is 0 Å². The molecule has 0 spiro atoms. The third-order valence-electron chi connectivity index (χ3n) is 4.04. The Kier molecular flexibility index (Phi) is 7.02. The smallest absolute Gasteiger partial charge is 0.242 e. The Morgan fingerprint density at radius 1 is 1.00 bits per heavy atom. The molecule has 0 bridgehead atoms. The Labute approximate surface area is 155 Å². The summed E-state index contributed by atoms with van der Waals surface area (Å²) in [5.74, 6) is 1.59. The molecule has 0 heterocycles. The molecule has 7 heteroatoms. The molecule has 2 aromatic rings. The van der Waals surface area contributed by atoms with E-state index in [0.29, 0.717) is 18.0 Å². The molecule has 0 radical (unpaired) electrons. The fraction of sp³-hybridized carbons (Fsp3) is 0.368. The lowest BCUT2D eigenvalue weighted by molar-refractivity contribution is 0.307. The van der Waals surface area contributed by atoms with Crippen molar-refractivity contribution >= 4 is 10.0 Å².